The van der Waals surface area contributed by atoms with E-state index in [1.165, 1.54) is 18.3 Å². The maximum atomic E-state index is 13.0. The van der Waals surface area contributed by atoms with Crippen LogP contribution in [0.25, 0.3) is 6.08 Å². The summed E-state index contributed by atoms with van der Waals surface area (Å²) in [5.41, 5.74) is 6.11. The van der Waals surface area contributed by atoms with Crippen molar-refractivity contribution < 1.29 is 18.7 Å². The topological polar surface area (TPSA) is 82.3 Å². The van der Waals surface area contributed by atoms with Gasteiger partial charge in [-0.25, -0.2) is 9.18 Å². The van der Waals surface area contributed by atoms with Crippen LogP contribution in [-0.2, 0) is 14.3 Å². The molecule has 7 heteroatoms. The fourth-order valence-corrected chi connectivity index (χ4v) is 2.22. The number of rotatable bonds is 5. The predicted octanol–water partition coefficient (Wildman–Crippen LogP) is 2.77. The number of amides is 1. The fourth-order valence-electron chi connectivity index (χ4n) is 1.80. The van der Waals surface area contributed by atoms with Crippen molar-refractivity contribution in [2.45, 2.75) is 6.10 Å². The molecule has 0 fully saturated rings. The zero-order chi connectivity index (χ0) is 16.8. The number of esters is 1. The smallest absolute Gasteiger partial charge is 0.331 e. The molecular formula is C16H12BrFN2O3. The van der Waals surface area contributed by atoms with Crippen molar-refractivity contribution in [1.29, 1.82) is 0 Å². The number of ether oxygens (including phenoxy) is 1. The van der Waals surface area contributed by atoms with E-state index < -0.39 is 23.8 Å². The van der Waals surface area contributed by atoms with Crippen LogP contribution in [0.2, 0.25) is 0 Å². The first-order chi connectivity index (χ1) is 11.0. The number of primary amides is 1. The van der Waals surface area contributed by atoms with E-state index in [1.807, 2.05) is 0 Å². The van der Waals surface area contributed by atoms with Gasteiger partial charge in [0.15, 0.2) is 0 Å². The average molecular weight is 379 g/mol. The molecule has 0 bridgehead atoms. The lowest BCUT2D eigenvalue weighted by Crippen LogP contribution is -2.25. The Labute approximate surface area is 140 Å². The predicted molar refractivity (Wildman–Crippen MR) is 85.4 cm³/mol. The first-order valence-corrected chi connectivity index (χ1v) is 7.29. The van der Waals surface area contributed by atoms with Crippen molar-refractivity contribution in [3.05, 3.63) is 70.2 Å². The minimum Gasteiger partial charge on any atom is -0.444 e. The second kappa shape index (κ2) is 7.64. The van der Waals surface area contributed by atoms with E-state index in [1.54, 1.807) is 24.3 Å². The van der Waals surface area contributed by atoms with E-state index in [0.29, 0.717) is 11.1 Å². The summed E-state index contributed by atoms with van der Waals surface area (Å²) < 4.78 is 18.8. The SMILES string of the molecule is NC(=O)C(OC(=O)/C=C/c1cncc(F)c1)c1cccc(Br)c1. The monoisotopic (exact) mass is 378 g/mol. The van der Waals surface area contributed by atoms with Crippen molar-refractivity contribution in [3.8, 4) is 0 Å². The van der Waals surface area contributed by atoms with Crippen LogP contribution in [0.5, 0.6) is 0 Å². The summed E-state index contributed by atoms with van der Waals surface area (Å²) in [5, 5.41) is 0. The molecule has 0 aliphatic carbocycles. The van der Waals surface area contributed by atoms with Gasteiger partial charge in [0, 0.05) is 22.3 Å². The largest absolute Gasteiger partial charge is 0.444 e. The van der Waals surface area contributed by atoms with Crippen molar-refractivity contribution in [2.75, 3.05) is 0 Å². The second-order valence-corrected chi connectivity index (χ2v) is 5.46. The summed E-state index contributed by atoms with van der Waals surface area (Å²) in [5.74, 6) is -2.10. The van der Waals surface area contributed by atoms with Gasteiger partial charge in [-0.2, -0.15) is 0 Å². The van der Waals surface area contributed by atoms with Crippen LogP contribution >= 0.6 is 15.9 Å². The second-order valence-electron chi connectivity index (χ2n) is 4.54. The molecule has 0 aliphatic heterocycles. The van der Waals surface area contributed by atoms with E-state index in [-0.39, 0.29) is 0 Å². The molecule has 5 nitrogen and oxygen atoms in total. The van der Waals surface area contributed by atoms with Crippen LogP contribution in [-0.4, -0.2) is 16.9 Å². The third kappa shape index (κ3) is 5.00. The molecule has 0 spiro atoms. The van der Waals surface area contributed by atoms with Gasteiger partial charge < -0.3 is 10.5 Å². The molecule has 2 aromatic rings. The molecule has 0 aliphatic rings. The third-order valence-corrected chi connectivity index (χ3v) is 3.27. The molecule has 1 atom stereocenters. The molecule has 1 aromatic carbocycles. The number of hydrogen-bond donors (Lipinski definition) is 1. The van der Waals surface area contributed by atoms with Crippen LogP contribution in [0.3, 0.4) is 0 Å². The van der Waals surface area contributed by atoms with Gasteiger partial charge in [-0.3, -0.25) is 9.78 Å². The molecule has 2 N–H and O–H groups in total. The number of carbonyl (C=O) groups is 2. The Morgan fingerprint density at radius 3 is 2.74 bits per heavy atom. The van der Waals surface area contributed by atoms with Crippen LogP contribution in [0, 0.1) is 5.82 Å². The van der Waals surface area contributed by atoms with E-state index in [4.69, 9.17) is 10.5 Å². The lowest BCUT2D eigenvalue weighted by molar-refractivity contribution is -0.150. The molecule has 2 rings (SSSR count). The number of halogens is 2. The Bertz CT molecular complexity index is 764. The fraction of sp³-hybridized carbons (Fsp3) is 0.0625. The summed E-state index contributed by atoms with van der Waals surface area (Å²) in [4.78, 5) is 27.0. The number of hydrogen-bond acceptors (Lipinski definition) is 4. The number of aromatic nitrogens is 1. The van der Waals surface area contributed by atoms with Gasteiger partial charge in [-0.05, 0) is 29.8 Å². The number of nitrogens with zero attached hydrogens (tertiary/aromatic N) is 1. The number of nitrogens with two attached hydrogens (primary N) is 1. The highest BCUT2D eigenvalue weighted by Gasteiger charge is 2.21. The number of pyridine rings is 1. The highest BCUT2D eigenvalue weighted by Crippen LogP contribution is 2.21. The molecule has 118 valence electrons. The normalized spacial score (nSPS) is 12.1. The lowest BCUT2D eigenvalue weighted by Gasteiger charge is -2.14. The van der Waals surface area contributed by atoms with Gasteiger partial charge in [0.2, 0.25) is 6.10 Å². The Morgan fingerprint density at radius 2 is 2.09 bits per heavy atom. The summed E-state index contributed by atoms with van der Waals surface area (Å²) in [6.07, 6.45) is 3.62. The van der Waals surface area contributed by atoms with Gasteiger partial charge >= 0.3 is 5.97 Å². The van der Waals surface area contributed by atoms with Gasteiger partial charge in [0.05, 0.1) is 6.20 Å². The first-order valence-electron chi connectivity index (χ1n) is 6.50. The number of benzene rings is 1. The van der Waals surface area contributed by atoms with Gasteiger partial charge in [-0.15, -0.1) is 0 Å². The molecule has 1 amide bonds. The Kier molecular flexibility index (Phi) is 5.59. The average Bonchev–Trinajstić information content (AvgIpc) is 2.50. The first kappa shape index (κ1) is 16.8. The van der Waals surface area contributed by atoms with Crippen molar-refractivity contribution in [2.24, 2.45) is 5.73 Å². The zero-order valence-electron chi connectivity index (χ0n) is 11.8. The highest BCUT2D eigenvalue weighted by atomic mass is 79.9. The Balaban J connectivity index is 2.11. The molecule has 0 radical (unpaired) electrons. The summed E-state index contributed by atoms with van der Waals surface area (Å²) in [6.45, 7) is 0. The molecule has 1 heterocycles. The van der Waals surface area contributed by atoms with Crippen LogP contribution < -0.4 is 5.73 Å². The molecule has 0 saturated heterocycles. The third-order valence-electron chi connectivity index (χ3n) is 2.78. The minimum absolute atomic E-state index is 0.389. The quantitative estimate of drug-likeness (QED) is 0.640. The zero-order valence-corrected chi connectivity index (χ0v) is 13.4. The van der Waals surface area contributed by atoms with Gasteiger partial charge in [0.1, 0.15) is 5.82 Å². The van der Waals surface area contributed by atoms with Gasteiger partial charge in [-0.1, -0.05) is 28.1 Å². The molecule has 1 unspecified atom stereocenters. The molecule has 1 aromatic heterocycles. The minimum atomic E-state index is -1.21. The van der Waals surface area contributed by atoms with Gasteiger partial charge in [0.25, 0.3) is 5.91 Å². The van der Waals surface area contributed by atoms with Crippen LogP contribution in [0.1, 0.15) is 17.2 Å². The molecule has 0 saturated carbocycles. The van der Waals surface area contributed by atoms with Crippen LogP contribution in [0.15, 0.2) is 53.3 Å². The maximum absolute atomic E-state index is 13.0. The highest BCUT2D eigenvalue weighted by molar-refractivity contribution is 9.10. The van der Waals surface area contributed by atoms with E-state index in [0.717, 1.165) is 16.7 Å². The summed E-state index contributed by atoms with van der Waals surface area (Å²) in [6, 6.07) is 7.91. The Morgan fingerprint density at radius 1 is 1.30 bits per heavy atom. The van der Waals surface area contributed by atoms with E-state index in [9.17, 15) is 14.0 Å². The summed E-state index contributed by atoms with van der Waals surface area (Å²) in [7, 11) is 0. The Hall–Kier alpha value is -2.54. The van der Waals surface area contributed by atoms with E-state index >= 15 is 0 Å². The summed E-state index contributed by atoms with van der Waals surface area (Å²) >= 11 is 3.26. The molecular weight excluding hydrogens is 367 g/mol. The lowest BCUT2D eigenvalue weighted by atomic mass is 10.1. The van der Waals surface area contributed by atoms with Crippen LogP contribution in [0.4, 0.5) is 4.39 Å². The molecule has 23 heavy (non-hydrogen) atoms. The van der Waals surface area contributed by atoms with E-state index in [2.05, 4.69) is 20.9 Å². The van der Waals surface area contributed by atoms with Crippen molar-refractivity contribution in [3.63, 3.8) is 0 Å². The maximum Gasteiger partial charge on any atom is 0.331 e. The standard InChI is InChI=1S/C16H12BrFN2O3/c17-12-3-1-2-11(7-12)15(16(19)22)23-14(21)5-4-10-6-13(18)9-20-8-10/h1-9,15H,(H2,19,22)/b5-4+. The van der Waals surface area contributed by atoms with Crippen molar-refractivity contribution >= 4 is 33.9 Å². The van der Waals surface area contributed by atoms with Crippen molar-refractivity contribution in [1.82, 2.24) is 4.98 Å². The number of carbonyl (C=O) groups excluding carboxylic acids is 2.